The summed E-state index contributed by atoms with van der Waals surface area (Å²) in [6.07, 6.45) is 3.02. The van der Waals surface area contributed by atoms with Crippen molar-refractivity contribution in [3.8, 4) is 5.75 Å². The summed E-state index contributed by atoms with van der Waals surface area (Å²) in [7, 11) is 1.24. The third-order valence-corrected chi connectivity index (χ3v) is 9.74. The fourth-order valence-electron chi connectivity index (χ4n) is 5.76. The van der Waals surface area contributed by atoms with E-state index >= 15 is 0 Å². The van der Waals surface area contributed by atoms with E-state index in [4.69, 9.17) is 18.8 Å². The Morgan fingerprint density at radius 3 is 2.52 bits per heavy atom. The van der Waals surface area contributed by atoms with E-state index in [9.17, 15) is 4.55 Å². The van der Waals surface area contributed by atoms with Gasteiger partial charge in [0.2, 0.25) is 0 Å². The number of hydrogen-bond donors (Lipinski definition) is 1. The molecule has 3 saturated carbocycles. The van der Waals surface area contributed by atoms with Crippen LogP contribution in [0.3, 0.4) is 0 Å². The molecular weight excluding hydrogens is 437 g/mol. The van der Waals surface area contributed by atoms with Gasteiger partial charge in [0, 0.05) is 18.0 Å². The lowest BCUT2D eigenvalue weighted by Gasteiger charge is -2.64. The van der Waals surface area contributed by atoms with Gasteiger partial charge in [0.1, 0.15) is 10.5 Å². The molecule has 0 aromatic heterocycles. The standard InChI is InChI=1S/C25H40BNO5S/c1-23(2,3)33(28)27-22(12-13-30-16-17-8-10-19(29-7)11-9-17)26-31-21-15-18-14-20(24(18,4)5)25(21,6)32-26/h8-11,18,20-22,27H,12-16H2,1-7H3/t18-,20-,21+,22?,25-,33+/m0/s1. The van der Waals surface area contributed by atoms with E-state index in [0.29, 0.717) is 36.9 Å². The van der Waals surface area contributed by atoms with E-state index < -0.39 is 18.5 Å². The topological polar surface area (TPSA) is 72.0 Å². The quantitative estimate of drug-likeness (QED) is 0.325. The van der Waals surface area contributed by atoms with Crippen molar-refractivity contribution in [1.82, 2.24) is 4.72 Å². The first-order chi connectivity index (χ1) is 15.4. The van der Waals surface area contributed by atoms with Crippen LogP contribution in [0.1, 0.15) is 66.4 Å². The molecule has 184 valence electrons. The summed E-state index contributed by atoms with van der Waals surface area (Å²) in [6, 6.07) is 7.88. The predicted octanol–water partition coefficient (Wildman–Crippen LogP) is 4.29. The number of hydrogen-bond acceptors (Lipinski definition) is 6. The fraction of sp³-hybridized carbons (Fsp3) is 0.760. The smallest absolute Gasteiger partial charge is 0.480 e. The van der Waals surface area contributed by atoms with Crippen LogP contribution in [0.15, 0.2) is 24.3 Å². The first kappa shape index (κ1) is 25.3. The lowest BCUT2D eigenvalue weighted by atomic mass is 9.43. The molecule has 4 aliphatic rings. The maximum atomic E-state index is 13.0. The van der Waals surface area contributed by atoms with E-state index in [-0.39, 0.29) is 22.4 Å². The minimum atomic E-state index is -1.23. The lowest BCUT2D eigenvalue weighted by molar-refractivity contribution is -0.199. The largest absolute Gasteiger partial charge is 0.598 e. The minimum absolute atomic E-state index is 0.104. The molecule has 1 aromatic rings. The summed E-state index contributed by atoms with van der Waals surface area (Å²) >= 11 is -1.23. The molecule has 0 amide bonds. The molecule has 1 aliphatic heterocycles. The van der Waals surface area contributed by atoms with Gasteiger partial charge < -0.3 is 23.3 Å². The van der Waals surface area contributed by atoms with Gasteiger partial charge in [0.25, 0.3) is 0 Å². The van der Waals surface area contributed by atoms with Gasteiger partial charge in [0.05, 0.1) is 31.4 Å². The van der Waals surface area contributed by atoms with Crippen LogP contribution in [0.25, 0.3) is 0 Å². The molecule has 8 heteroatoms. The number of benzene rings is 1. The molecule has 1 heterocycles. The number of ether oxygens (including phenoxy) is 2. The second-order valence-electron chi connectivity index (χ2n) is 11.6. The van der Waals surface area contributed by atoms with Gasteiger partial charge in [-0.05, 0) is 81.9 Å². The Labute approximate surface area is 202 Å². The number of nitrogens with one attached hydrogen (secondary N) is 1. The Bertz CT molecular complexity index is 816. The van der Waals surface area contributed by atoms with Crippen LogP contribution < -0.4 is 9.46 Å². The number of rotatable bonds is 9. The van der Waals surface area contributed by atoms with Crippen LogP contribution in [0.2, 0.25) is 0 Å². The molecule has 3 aliphatic carbocycles. The van der Waals surface area contributed by atoms with E-state index in [0.717, 1.165) is 17.7 Å². The zero-order chi connectivity index (χ0) is 24.0. The zero-order valence-electron chi connectivity index (χ0n) is 21.2. The van der Waals surface area contributed by atoms with Crippen LogP contribution >= 0.6 is 0 Å². The molecule has 4 fully saturated rings. The van der Waals surface area contributed by atoms with E-state index in [2.05, 4.69) is 25.5 Å². The van der Waals surface area contributed by atoms with Gasteiger partial charge in [-0.2, -0.15) is 0 Å². The van der Waals surface area contributed by atoms with Crippen LogP contribution in [0.4, 0.5) is 0 Å². The minimum Gasteiger partial charge on any atom is -0.598 e. The molecule has 0 radical (unpaired) electrons. The highest BCUT2D eigenvalue weighted by atomic mass is 32.2. The fourth-order valence-corrected chi connectivity index (χ4v) is 6.62. The summed E-state index contributed by atoms with van der Waals surface area (Å²) in [6.45, 7) is 13.9. The maximum absolute atomic E-state index is 13.0. The van der Waals surface area contributed by atoms with Gasteiger partial charge >= 0.3 is 7.12 Å². The molecule has 6 atom stereocenters. The van der Waals surface area contributed by atoms with Crippen molar-refractivity contribution >= 4 is 18.5 Å². The van der Waals surface area contributed by atoms with Crippen molar-refractivity contribution in [2.24, 2.45) is 17.3 Å². The highest BCUT2D eigenvalue weighted by molar-refractivity contribution is 7.90. The van der Waals surface area contributed by atoms with Crippen molar-refractivity contribution in [2.75, 3.05) is 13.7 Å². The van der Waals surface area contributed by atoms with E-state index in [1.54, 1.807) is 7.11 Å². The molecule has 1 aromatic carbocycles. The van der Waals surface area contributed by atoms with Crippen molar-refractivity contribution in [3.05, 3.63) is 29.8 Å². The van der Waals surface area contributed by atoms with Gasteiger partial charge in [-0.3, -0.25) is 0 Å². The molecule has 33 heavy (non-hydrogen) atoms. The summed E-state index contributed by atoms with van der Waals surface area (Å²) in [5.41, 5.74) is 1.10. The van der Waals surface area contributed by atoms with Gasteiger partial charge in [0.15, 0.2) is 0 Å². The van der Waals surface area contributed by atoms with Gasteiger partial charge in [-0.1, -0.05) is 26.0 Å². The summed E-state index contributed by atoms with van der Waals surface area (Å²) in [4.78, 5) is 0. The first-order valence-electron chi connectivity index (χ1n) is 12.2. The molecule has 1 saturated heterocycles. The Morgan fingerprint density at radius 1 is 1.21 bits per heavy atom. The van der Waals surface area contributed by atoms with E-state index in [1.165, 1.54) is 6.42 Å². The average Bonchev–Trinajstić information content (AvgIpc) is 3.12. The van der Waals surface area contributed by atoms with Crippen LogP contribution in [0, 0.1) is 17.3 Å². The third kappa shape index (κ3) is 4.98. The van der Waals surface area contributed by atoms with Crippen molar-refractivity contribution in [2.45, 2.75) is 89.8 Å². The van der Waals surface area contributed by atoms with Crippen LogP contribution in [0.5, 0.6) is 5.75 Å². The predicted molar refractivity (Wildman–Crippen MR) is 132 cm³/mol. The molecule has 5 rings (SSSR count). The first-order valence-corrected chi connectivity index (χ1v) is 13.3. The summed E-state index contributed by atoms with van der Waals surface area (Å²) < 4.78 is 40.2. The average molecular weight is 477 g/mol. The maximum Gasteiger partial charge on any atom is 0.480 e. The highest BCUT2D eigenvalue weighted by Crippen LogP contribution is 2.65. The zero-order valence-corrected chi connectivity index (χ0v) is 22.0. The molecule has 1 unspecified atom stereocenters. The Kier molecular flexibility index (Phi) is 7.18. The second-order valence-corrected chi connectivity index (χ2v) is 13.6. The van der Waals surface area contributed by atoms with E-state index in [1.807, 2.05) is 45.0 Å². The Hall–Kier alpha value is -0.765. The van der Waals surface area contributed by atoms with Crippen molar-refractivity contribution < 1.29 is 23.3 Å². The van der Waals surface area contributed by atoms with Crippen molar-refractivity contribution in [3.63, 3.8) is 0 Å². The van der Waals surface area contributed by atoms with Crippen molar-refractivity contribution in [1.29, 1.82) is 0 Å². The molecule has 0 spiro atoms. The van der Waals surface area contributed by atoms with Crippen LogP contribution in [-0.2, 0) is 32.0 Å². The van der Waals surface area contributed by atoms with Gasteiger partial charge in [-0.25, -0.2) is 0 Å². The lowest BCUT2D eigenvalue weighted by Crippen LogP contribution is -2.65. The molecule has 2 bridgehead atoms. The van der Waals surface area contributed by atoms with Gasteiger partial charge in [-0.15, -0.1) is 4.72 Å². The Balaban J connectivity index is 1.38. The van der Waals surface area contributed by atoms with Crippen LogP contribution in [-0.4, -0.2) is 47.8 Å². The molecule has 1 N–H and O–H groups in total. The monoisotopic (exact) mass is 477 g/mol. The SMILES string of the molecule is COc1ccc(COCCC(N[S@+]([O-])C(C)(C)C)B2O[C@@H]3C[C@@H]4C[C@@H](C4(C)C)[C@]3(C)O2)cc1. The third-order valence-electron chi connectivity index (χ3n) is 8.11. The molecule has 6 nitrogen and oxygen atoms in total. The second kappa shape index (κ2) is 9.36. The Morgan fingerprint density at radius 2 is 1.91 bits per heavy atom. The summed E-state index contributed by atoms with van der Waals surface area (Å²) in [5, 5.41) is 0. The highest BCUT2D eigenvalue weighted by Gasteiger charge is 2.68. The molecular formula is C25H40BNO5S. The normalized spacial score (nSPS) is 32.1. The summed E-state index contributed by atoms with van der Waals surface area (Å²) in [5.74, 6) is 1.83. The number of methoxy groups -OCH3 is 1.